The molecule has 0 spiro atoms. The van der Waals surface area contributed by atoms with E-state index >= 15 is 0 Å². The molecule has 0 bridgehead atoms. The first-order valence-electron chi connectivity index (χ1n) is 4.02. The Bertz CT molecular complexity index is 328. The van der Waals surface area contributed by atoms with E-state index in [-0.39, 0.29) is 0 Å². The molecule has 0 saturated heterocycles. The van der Waals surface area contributed by atoms with Gasteiger partial charge in [0, 0.05) is 4.90 Å². The first-order chi connectivity index (χ1) is 5.91. The van der Waals surface area contributed by atoms with Gasteiger partial charge in [-0.1, -0.05) is 28.7 Å². The summed E-state index contributed by atoms with van der Waals surface area (Å²) in [6.45, 7) is 3.51. The van der Waals surface area contributed by atoms with E-state index in [1.54, 1.807) is 13.8 Å². The zero-order valence-corrected chi connectivity index (χ0v) is 8.77. The normalized spacial score (nSPS) is 14.2. The van der Waals surface area contributed by atoms with Crippen molar-refractivity contribution in [3.8, 4) is 0 Å². The van der Waals surface area contributed by atoms with Crippen molar-refractivity contribution in [1.82, 2.24) is 0 Å². The van der Waals surface area contributed by atoms with Crippen molar-refractivity contribution in [3.63, 3.8) is 0 Å². The Balaban J connectivity index is 3.13. The third-order valence-corrected chi connectivity index (χ3v) is 2.70. The quantitative estimate of drug-likeness (QED) is 0.711. The van der Waals surface area contributed by atoms with Crippen LogP contribution >= 0.6 is 10.7 Å². The molecule has 0 aliphatic carbocycles. The SMILES string of the molecule is C=S(N)c1cccc(C(C)(C)O)c1. The van der Waals surface area contributed by atoms with E-state index in [0.717, 1.165) is 10.5 Å². The molecule has 1 unspecified atom stereocenters. The fourth-order valence-electron chi connectivity index (χ4n) is 1.04. The van der Waals surface area contributed by atoms with Crippen LogP contribution in [0.5, 0.6) is 0 Å². The van der Waals surface area contributed by atoms with Crippen molar-refractivity contribution in [2.75, 3.05) is 0 Å². The van der Waals surface area contributed by atoms with Crippen molar-refractivity contribution in [1.29, 1.82) is 0 Å². The zero-order chi connectivity index (χ0) is 10.1. The van der Waals surface area contributed by atoms with E-state index in [0.29, 0.717) is 0 Å². The molecule has 0 aromatic heterocycles. The third kappa shape index (κ3) is 2.66. The highest BCUT2D eigenvalue weighted by Gasteiger charge is 2.15. The maximum Gasteiger partial charge on any atom is 0.0840 e. The first kappa shape index (κ1) is 10.4. The predicted octanol–water partition coefficient (Wildman–Crippen LogP) is 1.85. The Morgan fingerprint density at radius 3 is 2.54 bits per heavy atom. The molecular formula is C10H15NOS. The highest BCUT2D eigenvalue weighted by Crippen LogP contribution is 2.25. The number of nitrogens with two attached hydrogens (primary N) is 1. The van der Waals surface area contributed by atoms with Gasteiger partial charge in [0.25, 0.3) is 0 Å². The van der Waals surface area contributed by atoms with Gasteiger partial charge >= 0.3 is 0 Å². The molecule has 1 aromatic carbocycles. The van der Waals surface area contributed by atoms with Crippen molar-refractivity contribution in [2.24, 2.45) is 5.14 Å². The number of benzene rings is 1. The summed E-state index contributed by atoms with van der Waals surface area (Å²) in [6.07, 6.45) is 0. The van der Waals surface area contributed by atoms with Gasteiger partial charge in [-0.2, -0.15) is 0 Å². The molecule has 1 atom stereocenters. The largest absolute Gasteiger partial charge is 0.386 e. The van der Waals surface area contributed by atoms with Crippen molar-refractivity contribution < 1.29 is 5.11 Å². The van der Waals surface area contributed by atoms with E-state index in [2.05, 4.69) is 5.87 Å². The lowest BCUT2D eigenvalue weighted by Gasteiger charge is -2.18. The van der Waals surface area contributed by atoms with Gasteiger partial charge in [-0.3, -0.25) is 5.14 Å². The summed E-state index contributed by atoms with van der Waals surface area (Å²) in [5, 5.41) is 15.4. The summed E-state index contributed by atoms with van der Waals surface area (Å²) in [5.41, 5.74) is 0.0617. The van der Waals surface area contributed by atoms with Crippen LogP contribution in [-0.4, -0.2) is 11.0 Å². The van der Waals surface area contributed by atoms with E-state index in [1.165, 1.54) is 0 Å². The third-order valence-electron chi connectivity index (χ3n) is 1.84. The standard InChI is InChI=1S/C10H15NOS/c1-10(2,12)8-5-4-6-9(7-8)13(3)11/h4-7,12H,3,11H2,1-2H3. The second kappa shape index (κ2) is 3.62. The van der Waals surface area contributed by atoms with Crippen LogP contribution in [0.2, 0.25) is 0 Å². The zero-order valence-electron chi connectivity index (χ0n) is 7.95. The summed E-state index contributed by atoms with van der Waals surface area (Å²) in [5.74, 6) is 3.76. The fraction of sp³-hybridized carbons (Fsp3) is 0.300. The number of hydrogen-bond donors (Lipinski definition) is 2. The molecule has 0 radical (unpaired) electrons. The van der Waals surface area contributed by atoms with E-state index < -0.39 is 16.3 Å². The second-order valence-corrected chi connectivity index (χ2v) is 4.84. The molecule has 1 rings (SSSR count). The molecule has 0 fully saturated rings. The molecule has 13 heavy (non-hydrogen) atoms. The first-order valence-corrected chi connectivity index (χ1v) is 5.48. The highest BCUT2D eigenvalue weighted by molar-refractivity contribution is 8.12. The second-order valence-electron chi connectivity index (χ2n) is 3.52. The predicted molar refractivity (Wildman–Crippen MR) is 58.9 cm³/mol. The Labute approximate surface area is 81.5 Å². The molecule has 3 heteroatoms. The summed E-state index contributed by atoms with van der Waals surface area (Å²) in [4.78, 5) is 0.972. The summed E-state index contributed by atoms with van der Waals surface area (Å²) in [7, 11) is -0.485. The van der Waals surface area contributed by atoms with Gasteiger partial charge in [0.15, 0.2) is 0 Å². The number of aliphatic hydroxyl groups is 1. The smallest absolute Gasteiger partial charge is 0.0840 e. The van der Waals surface area contributed by atoms with Crippen molar-refractivity contribution in [2.45, 2.75) is 24.3 Å². The minimum absolute atomic E-state index is 0.485. The van der Waals surface area contributed by atoms with Crippen LogP contribution in [-0.2, 0) is 5.60 Å². The number of hydrogen-bond acceptors (Lipinski definition) is 2. The molecular weight excluding hydrogens is 182 g/mol. The highest BCUT2D eigenvalue weighted by atomic mass is 32.2. The molecule has 0 heterocycles. The van der Waals surface area contributed by atoms with Gasteiger partial charge in [0.1, 0.15) is 0 Å². The van der Waals surface area contributed by atoms with Crippen LogP contribution < -0.4 is 5.14 Å². The molecule has 0 aliphatic rings. The summed E-state index contributed by atoms with van der Waals surface area (Å²) < 4.78 is 0. The minimum atomic E-state index is -0.810. The lowest BCUT2D eigenvalue weighted by Crippen LogP contribution is -2.15. The topological polar surface area (TPSA) is 46.2 Å². The Morgan fingerprint density at radius 1 is 1.46 bits per heavy atom. The maximum absolute atomic E-state index is 9.74. The molecule has 3 N–H and O–H groups in total. The Kier molecular flexibility index (Phi) is 2.91. The lowest BCUT2D eigenvalue weighted by atomic mass is 9.99. The molecule has 0 amide bonds. The monoisotopic (exact) mass is 197 g/mol. The van der Waals surface area contributed by atoms with Crippen molar-refractivity contribution >= 4 is 16.5 Å². The average molecular weight is 197 g/mol. The summed E-state index contributed by atoms with van der Waals surface area (Å²) in [6, 6.07) is 7.60. The van der Waals surface area contributed by atoms with Gasteiger partial charge < -0.3 is 5.11 Å². The van der Waals surface area contributed by atoms with Gasteiger partial charge in [0.2, 0.25) is 0 Å². The molecule has 0 aliphatic heterocycles. The fourth-order valence-corrected chi connectivity index (χ4v) is 1.57. The molecule has 1 aromatic rings. The van der Waals surface area contributed by atoms with Gasteiger partial charge in [-0.15, -0.1) is 0 Å². The average Bonchev–Trinajstić information content (AvgIpc) is 2.03. The summed E-state index contributed by atoms with van der Waals surface area (Å²) >= 11 is 0. The number of rotatable bonds is 2. The van der Waals surface area contributed by atoms with Crippen LogP contribution in [0.4, 0.5) is 0 Å². The Morgan fingerprint density at radius 2 is 2.08 bits per heavy atom. The van der Waals surface area contributed by atoms with E-state index in [1.807, 2.05) is 24.3 Å². The van der Waals surface area contributed by atoms with Crippen LogP contribution in [0.3, 0.4) is 0 Å². The van der Waals surface area contributed by atoms with Crippen molar-refractivity contribution in [3.05, 3.63) is 29.8 Å². The van der Waals surface area contributed by atoms with Gasteiger partial charge in [0.05, 0.1) is 5.60 Å². The van der Waals surface area contributed by atoms with E-state index in [9.17, 15) is 5.11 Å². The van der Waals surface area contributed by atoms with E-state index in [4.69, 9.17) is 5.14 Å². The van der Waals surface area contributed by atoms with Crippen LogP contribution in [0.15, 0.2) is 29.2 Å². The van der Waals surface area contributed by atoms with Gasteiger partial charge in [-0.05, 0) is 31.5 Å². The lowest BCUT2D eigenvalue weighted by molar-refractivity contribution is 0.0784. The van der Waals surface area contributed by atoms with Crippen LogP contribution in [0.25, 0.3) is 0 Å². The van der Waals surface area contributed by atoms with Crippen LogP contribution in [0.1, 0.15) is 19.4 Å². The molecule has 72 valence electrons. The Hall–Kier alpha value is -0.640. The van der Waals surface area contributed by atoms with Crippen LogP contribution in [0, 0.1) is 0 Å². The minimum Gasteiger partial charge on any atom is -0.386 e. The molecule has 2 nitrogen and oxygen atoms in total. The van der Waals surface area contributed by atoms with Gasteiger partial charge in [-0.25, -0.2) is 0 Å². The molecule has 0 saturated carbocycles. The maximum atomic E-state index is 9.74.